The Kier molecular flexibility index (Phi) is 6.32. The van der Waals surface area contributed by atoms with E-state index < -0.39 is 0 Å². The van der Waals surface area contributed by atoms with Crippen LogP contribution in [-0.4, -0.2) is 60.7 Å². The molecule has 5 nitrogen and oxygen atoms in total. The summed E-state index contributed by atoms with van der Waals surface area (Å²) in [5.74, 6) is 1.92. The summed E-state index contributed by atoms with van der Waals surface area (Å²) >= 11 is 1.75. The molecular formula is C18H24N4OS. The van der Waals surface area contributed by atoms with Gasteiger partial charge in [-0.25, -0.2) is 0 Å². The van der Waals surface area contributed by atoms with Crippen LogP contribution < -0.4 is 9.64 Å². The molecule has 0 N–H and O–H groups in total. The number of hydrogen-bond acceptors (Lipinski definition) is 6. The molecule has 3 rings (SSSR count). The minimum absolute atomic E-state index is 0.726. The third-order valence-corrected chi connectivity index (χ3v) is 4.95. The number of ether oxygens (including phenoxy) is 1. The van der Waals surface area contributed by atoms with Gasteiger partial charge in [-0.2, -0.15) is 5.10 Å². The predicted molar refractivity (Wildman–Crippen MR) is 99.0 cm³/mol. The van der Waals surface area contributed by atoms with Gasteiger partial charge >= 0.3 is 0 Å². The van der Waals surface area contributed by atoms with Gasteiger partial charge < -0.3 is 9.64 Å². The van der Waals surface area contributed by atoms with Gasteiger partial charge in [0.25, 0.3) is 0 Å². The van der Waals surface area contributed by atoms with Crippen LogP contribution in [0.3, 0.4) is 0 Å². The molecule has 0 aliphatic carbocycles. The van der Waals surface area contributed by atoms with Crippen LogP contribution >= 0.6 is 11.8 Å². The van der Waals surface area contributed by atoms with E-state index in [-0.39, 0.29) is 0 Å². The summed E-state index contributed by atoms with van der Waals surface area (Å²) in [6.07, 6.45) is 4.94. The Balaban J connectivity index is 1.43. The highest BCUT2D eigenvalue weighted by Crippen LogP contribution is 2.19. The van der Waals surface area contributed by atoms with Crippen LogP contribution in [0.2, 0.25) is 0 Å². The lowest BCUT2D eigenvalue weighted by Gasteiger charge is -2.22. The molecule has 0 unspecified atom stereocenters. The molecule has 1 aliphatic rings. The summed E-state index contributed by atoms with van der Waals surface area (Å²) in [5.41, 5.74) is 0. The number of anilines is 1. The van der Waals surface area contributed by atoms with Gasteiger partial charge in [0, 0.05) is 43.8 Å². The summed E-state index contributed by atoms with van der Waals surface area (Å²) in [4.78, 5) is 6.04. The summed E-state index contributed by atoms with van der Waals surface area (Å²) in [5, 5.41) is 8.19. The lowest BCUT2D eigenvalue weighted by molar-refractivity contribution is 0.218. The van der Waals surface area contributed by atoms with E-state index >= 15 is 0 Å². The molecule has 0 radical (unpaired) electrons. The highest BCUT2D eigenvalue weighted by molar-refractivity contribution is 7.98. The third kappa shape index (κ3) is 4.85. The molecule has 0 amide bonds. The van der Waals surface area contributed by atoms with E-state index in [1.165, 1.54) is 4.90 Å². The smallest absolute Gasteiger partial charge is 0.151 e. The van der Waals surface area contributed by atoms with Gasteiger partial charge in [-0.3, -0.25) is 4.90 Å². The first-order valence-electron chi connectivity index (χ1n) is 8.37. The van der Waals surface area contributed by atoms with Gasteiger partial charge in [-0.05, 0) is 49.1 Å². The number of thioether (sulfide) groups is 1. The van der Waals surface area contributed by atoms with Crippen LogP contribution in [0.1, 0.15) is 6.42 Å². The van der Waals surface area contributed by atoms with Gasteiger partial charge in [0.15, 0.2) is 5.82 Å². The number of nitrogens with zero attached hydrogens (tertiary/aromatic N) is 4. The van der Waals surface area contributed by atoms with E-state index in [1.54, 1.807) is 18.0 Å². The summed E-state index contributed by atoms with van der Waals surface area (Å²) in [6, 6.07) is 12.3. The van der Waals surface area contributed by atoms with E-state index in [0.717, 1.165) is 57.3 Å². The quantitative estimate of drug-likeness (QED) is 0.751. The molecule has 0 bridgehead atoms. The summed E-state index contributed by atoms with van der Waals surface area (Å²) < 4.78 is 5.87. The second-order valence-electron chi connectivity index (χ2n) is 5.79. The monoisotopic (exact) mass is 344 g/mol. The van der Waals surface area contributed by atoms with Gasteiger partial charge in [0.2, 0.25) is 0 Å². The Bertz CT molecular complexity index is 608. The molecular weight excluding hydrogens is 320 g/mol. The van der Waals surface area contributed by atoms with Crippen molar-refractivity contribution in [1.82, 2.24) is 15.1 Å². The van der Waals surface area contributed by atoms with Crippen molar-refractivity contribution in [3.05, 3.63) is 42.6 Å². The highest BCUT2D eigenvalue weighted by Gasteiger charge is 2.15. The molecule has 1 fully saturated rings. The maximum atomic E-state index is 5.87. The maximum Gasteiger partial charge on any atom is 0.151 e. The number of aromatic nitrogens is 2. The molecule has 2 aromatic rings. The van der Waals surface area contributed by atoms with Crippen LogP contribution in [0.15, 0.2) is 47.5 Å². The van der Waals surface area contributed by atoms with Crippen molar-refractivity contribution in [3.8, 4) is 5.75 Å². The Labute approximate surface area is 148 Å². The molecule has 0 saturated carbocycles. The van der Waals surface area contributed by atoms with Crippen molar-refractivity contribution in [2.45, 2.75) is 11.3 Å². The largest absolute Gasteiger partial charge is 0.492 e. The zero-order valence-corrected chi connectivity index (χ0v) is 14.9. The van der Waals surface area contributed by atoms with E-state index in [0.29, 0.717) is 0 Å². The molecule has 1 aromatic carbocycles. The van der Waals surface area contributed by atoms with Crippen LogP contribution in [0.25, 0.3) is 0 Å². The zero-order chi connectivity index (χ0) is 16.6. The van der Waals surface area contributed by atoms with Crippen molar-refractivity contribution in [2.24, 2.45) is 0 Å². The molecule has 2 heterocycles. The Hall–Kier alpha value is -1.79. The lowest BCUT2D eigenvalue weighted by atomic mass is 10.3. The number of benzene rings is 1. The van der Waals surface area contributed by atoms with Crippen molar-refractivity contribution < 1.29 is 4.74 Å². The summed E-state index contributed by atoms with van der Waals surface area (Å²) in [6.45, 7) is 5.84. The normalized spacial score (nSPS) is 16.0. The van der Waals surface area contributed by atoms with Crippen molar-refractivity contribution in [1.29, 1.82) is 0 Å². The van der Waals surface area contributed by atoms with E-state index in [9.17, 15) is 0 Å². The molecule has 24 heavy (non-hydrogen) atoms. The standard InChI is InChI=1S/C18H24N4OS/c1-24-17-7-5-16(6-8-17)23-15-14-21-10-3-11-22(13-12-21)18-4-2-9-19-20-18/h2,4-9H,3,10-15H2,1H3. The minimum Gasteiger partial charge on any atom is -0.492 e. The van der Waals surface area contributed by atoms with Crippen LogP contribution in [0.4, 0.5) is 5.82 Å². The van der Waals surface area contributed by atoms with Gasteiger partial charge in [0.1, 0.15) is 12.4 Å². The number of hydrogen-bond donors (Lipinski definition) is 0. The molecule has 6 heteroatoms. The first-order chi connectivity index (χ1) is 11.8. The Morgan fingerprint density at radius 1 is 1.08 bits per heavy atom. The maximum absolute atomic E-state index is 5.87. The lowest BCUT2D eigenvalue weighted by Crippen LogP contribution is -2.33. The second kappa shape index (κ2) is 8.89. The van der Waals surface area contributed by atoms with Crippen molar-refractivity contribution >= 4 is 17.6 Å². The van der Waals surface area contributed by atoms with E-state index in [1.807, 2.05) is 24.3 Å². The van der Waals surface area contributed by atoms with Crippen molar-refractivity contribution in [3.63, 3.8) is 0 Å². The van der Waals surface area contributed by atoms with E-state index in [4.69, 9.17) is 4.74 Å². The number of rotatable bonds is 6. The fraction of sp³-hybridized carbons (Fsp3) is 0.444. The fourth-order valence-corrected chi connectivity index (χ4v) is 3.26. The van der Waals surface area contributed by atoms with Crippen LogP contribution in [0, 0.1) is 0 Å². The van der Waals surface area contributed by atoms with Crippen molar-refractivity contribution in [2.75, 3.05) is 50.5 Å². The second-order valence-corrected chi connectivity index (χ2v) is 6.67. The average molecular weight is 344 g/mol. The average Bonchev–Trinajstić information content (AvgIpc) is 2.89. The summed E-state index contributed by atoms with van der Waals surface area (Å²) in [7, 11) is 0. The predicted octanol–water partition coefficient (Wildman–Crippen LogP) is 2.79. The van der Waals surface area contributed by atoms with Gasteiger partial charge in [0.05, 0.1) is 0 Å². The Morgan fingerprint density at radius 2 is 1.96 bits per heavy atom. The SMILES string of the molecule is CSc1ccc(OCCN2CCCN(c3cccnn3)CC2)cc1. The van der Waals surface area contributed by atoms with Crippen LogP contribution in [-0.2, 0) is 0 Å². The third-order valence-electron chi connectivity index (χ3n) is 4.21. The fourth-order valence-electron chi connectivity index (χ4n) is 2.85. The van der Waals surface area contributed by atoms with Gasteiger partial charge in [-0.15, -0.1) is 16.9 Å². The first kappa shape index (κ1) is 17.0. The molecule has 1 aromatic heterocycles. The molecule has 1 saturated heterocycles. The molecule has 128 valence electrons. The topological polar surface area (TPSA) is 41.5 Å². The van der Waals surface area contributed by atoms with Gasteiger partial charge in [-0.1, -0.05) is 0 Å². The molecule has 0 atom stereocenters. The minimum atomic E-state index is 0.726. The zero-order valence-electron chi connectivity index (χ0n) is 14.1. The van der Waals surface area contributed by atoms with E-state index in [2.05, 4.69) is 38.4 Å². The first-order valence-corrected chi connectivity index (χ1v) is 9.59. The van der Waals surface area contributed by atoms with Crippen LogP contribution in [0.5, 0.6) is 5.75 Å². The highest BCUT2D eigenvalue weighted by atomic mass is 32.2. The molecule has 1 aliphatic heterocycles. The Morgan fingerprint density at radius 3 is 2.71 bits per heavy atom. The molecule has 0 spiro atoms.